The topological polar surface area (TPSA) is 363 Å². The van der Waals surface area contributed by atoms with E-state index in [1.807, 2.05) is 132 Å². The van der Waals surface area contributed by atoms with Crippen LogP contribution in [0.2, 0.25) is 0 Å². The van der Waals surface area contributed by atoms with E-state index in [0.717, 1.165) is 69.3 Å². The number of phenols is 5. The van der Waals surface area contributed by atoms with Gasteiger partial charge in [-0.1, -0.05) is 72.3 Å². The standard InChI is InChI=1S/C23H29NO3.C23H27NO3.C22H25NO3.C21H25NO3.C21H23NO3/c2*1-6-23(4,5)19-13-17(22(14-21(19)26)27-15(2)3)9-12-20(25)16-7-10-18(24)11-8-16;1-4-5-6-17-13-18(22(14-21(17)25)26-15(2)3)9-12-20(24)16-7-10-19(23)11-8-16;2*1-4-5-16-12-17(21(13-20(16)24)25-14(2)3)8-11-19(23)15-6-9-18(22)10-7-15/h7-15,26H,6,24H2,1-5H3;6-15,26H,1,24H2,2-5H3;4-5,7-15,25H,6,23H2,1-3H3;6-14,24H,4-5,22H2,1-3H3;4,6-14,24H,1,5,22H2,2-3H3. The van der Waals surface area contributed by atoms with E-state index in [0.29, 0.717) is 103 Å². The molecule has 684 valence electrons. The van der Waals surface area contributed by atoms with Crippen molar-refractivity contribution in [1.82, 2.24) is 0 Å². The van der Waals surface area contributed by atoms with Crippen molar-refractivity contribution in [3.63, 3.8) is 0 Å². The number of allylic oxidation sites excluding steroid dienone is 9. The van der Waals surface area contributed by atoms with Crippen LogP contribution in [0.25, 0.3) is 30.4 Å². The van der Waals surface area contributed by atoms with Gasteiger partial charge in [-0.25, -0.2) is 0 Å². The van der Waals surface area contributed by atoms with E-state index in [2.05, 4.69) is 40.9 Å². The van der Waals surface area contributed by atoms with Gasteiger partial charge < -0.3 is 77.9 Å². The number of aryl methyl sites for hydroxylation is 1. The van der Waals surface area contributed by atoms with Gasteiger partial charge in [0.2, 0.25) is 0 Å². The zero-order chi connectivity index (χ0) is 96.3. The highest BCUT2D eigenvalue weighted by Crippen LogP contribution is 2.42. The molecular weight excluding hydrogens is 1630 g/mol. The largest absolute Gasteiger partial charge is 0.508 e. The zero-order valence-electron chi connectivity index (χ0n) is 77.9. The highest BCUT2D eigenvalue weighted by atomic mass is 16.5. The second-order valence-corrected chi connectivity index (χ2v) is 33.5. The van der Waals surface area contributed by atoms with Gasteiger partial charge in [-0.05, 0) is 336 Å². The summed E-state index contributed by atoms with van der Waals surface area (Å²) in [7, 11) is 0. The lowest BCUT2D eigenvalue weighted by molar-refractivity contribution is 0.103. The summed E-state index contributed by atoms with van der Waals surface area (Å²) in [6.07, 6.45) is 27.0. The molecule has 0 aliphatic carbocycles. The van der Waals surface area contributed by atoms with Crippen LogP contribution in [-0.4, -0.2) is 85.0 Å². The molecule has 10 rings (SSSR count). The second kappa shape index (κ2) is 50.1. The quantitative estimate of drug-likeness (QED) is 0.00763. The Kier molecular flexibility index (Phi) is 40.2. The number of hydrogen-bond donors (Lipinski definition) is 10. The van der Waals surface area contributed by atoms with E-state index in [-0.39, 0.29) is 93.6 Å². The third-order valence-corrected chi connectivity index (χ3v) is 20.0. The number of anilines is 5. The molecule has 20 nitrogen and oxygen atoms in total. The van der Waals surface area contributed by atoms with Crippen molar-refractivity contribution in [2.24, 2.45) is 0 Å². The van der Waals surface area contributed by atoms with Crippen LogP contribution in [0.15, 0.2) is 250 Å². The molecule has 0 saturated heterocycles. The van der Waals surface area contributed by atoms with Gasteiger partial charge in [-0.15, -0.1) is 13.2 Å². The van der Waals surface area contributed by atoms with Gasteiger partial charge in [-0.2, -0.15) is 0 Å². The Balaban J connectivity index is 0.000000250. The lowest BCUT2D eigenvalue weighted by atomic mass is 9.81. The number of aromatic hydroxyl groups is 5. The average molecular weight is 1760 g/mol. The maximum atomic E-state index is 12.4. The smallest absolute Gasteiger partial charge is 0.185 e. The molecular formula is C110H129N5O15. The summed E-state index contributed by atoms with van der Waals surface area (Å²) in [5.74, 6) is 3.00. The Hall–Kier alpha value is -14.5. The molecule has 15 N–H and O–H groups in total. The number of nitrogen functional groups attached to an aromatic ring is 5. The molecule has 0 unspecified atom stereocenters. The van der Waals surface area contributed by atoms with Crippen molar-refractivity contribution in [3.05, 3.63) is 333 Å². The first-order valence-corrected chi connectivity index (χ1v) is 43.4. The Morgan fingerprint density at radius 1 is 0.346 bits per heavy atom. The third-order valence-electron chi connectivity index (χ3n) is 20.0. The van der Waals surface area contributed by atoms with Gasteiger partial charge in [0, 0.05) is 131 Å². The first-order chi connectivity index (χ1) is 61.5. The summed E-state index contributed by atoms with van der Waals surface area (Å²) in [4.78, 5) is 61.9. The number of benzene rings is 10. The van der Waals surface area contributed by atoms with E-state index in [1.165, 1.54) is 30.4 Å². The van der Waals surface area contributed by atoms with E-state index >= 15 is 0 Å². The lowest BCUT2D eigenvalue weighted by Crippen LogP contribution is -2.16. The number of nitrogens with two attached hydrogens (primary N) is 5. The number of phenolic OH excluding ortho intramolecular Hbond substituents is 5. The predicted octanol–water partition coefficient (Wildman–Crippen LogP) is 24.2. The number of ketones is 5. The predicted molar refractivity (Wildman–Crippen MR) is 533 cm³/mol. The van der Waals surface area contributed by atoms with Crippen LogP contribution in [0.5, 0.6) is 57.5 Å². The fourth-order valence-corrected chi connectivity index (χ4v) is 12.6. The zero-order valence-corrected chi connectivity index (χ0v) is 77.9. The molecule has 0 aromatic heterocycles. The summed E-state index contributed by atoms with van der Waals surface area (Å²) >= 11 is 0. The molecule has 0 aliphatic heterocycles. The van der Waals surface area contributed by atoms with Crippen molar-refractivity contribution >= 4 is 87.7 Å². The molecule has 130 heavy (non-hydrogen) atoms. The maximum Gasteiger partial charge on any atom is 0.185 e. The SMILES string of the molecule is C=CC(C)(C)c1cc(C=CC(=O)c2ccc(N)cc2)c(OC(C)C)cc1O.C=CCc1cc(C=CC(=O)c2ccc(N)cc2)c(OC(C)C)cc1O.CC=CCc1cc(C=CC(=O)c2ccc(N)cc2)c(OC(C)C)cc1O.CCC(C)(C)c1cc(C=CC(=O)c2ccc(N)cc2)c(OC(C)C)cc1O.CCCc1cc(C=CC(=O)c2ccc(N)cc2)c(OC(C)C)cc1O. The molecule has 20 heteroatoms. The van der Waals surface area contributed by atoms with Crippen molar-refractivity contribution in [1.29, 1.82) is 0 Å². The van der Waals surface area contributed by atoms with Crippen LogP contribution >= 0.6 is 0 Å². The van der Waals surface area contributed by atoms with Gasteiger partial charge in [0.25, 0.3) is 0 Å². The van der Waals surface area contributed by atoms with Crippen LogP contribution in [0.1, 0.15) is 238 Å². The van der Waals surface area contributed by atoms with Gasteiger partial charge in [0.15, 0.2) is 28.9 Å². The minimum atomic E-state index is -0.427. The first-order valence-electron chi connectivity index (χ1n) is 43.4. The summed E-state index contributed by atoms with van der Waals surface area (Å²) in [5.41, 5.74) is 41.2. The third kappa shape index (κ3) is 33.0. The lowest BCUT2D eigenvalue weighted by Gasteiger charge is -2.26. The van der Waals surface area contributed by atoms with Crippen LogP contribution in [0.4, 0.5) is 28.4 Å². The van der Waals surface area contributed by atoms with Gasteiger partial charge in [0.05, 0.1) is 30.5 Å². The number of carbonyl (C=O) groups excluding carboxylic acids is 5. The Morgan fingerprint density at radius 3 is 0.831 bits per heavy atom. The maximum absolute atomic E-state index is 12.4. The monoisotopic (exact) mass is 1760 g/mol. The van der Waals surface area contributed by atoms with E-state index < -0.39 is 5.41 Å². The van der Waals surface area contributed by atoms with Gasteiger partial charge in [0.1, 0.15) is 57.5 Å². The van der Waals surface area contributed by atoms with Crippen LogP contribution in [-0.2, 0) is 30.1 Å². The molecule has 0 heterocycles. The summed E-state index contributed by atoms with van der Waals surface area (Å²) in [5, 5.41) is 51.4. The van der Waals surface area contributed by atoms with Gasteiger partial charge in [-0.3, -0.25) is 24.0 Å². The van der Waals surface area contributed by atoms with E-state index in [1.54, 1.807) is 194 Å². The number of carbonyl (C=O) groups is 5. The Morgan fingerprint density at radius 2 is 0.585 bits per heavy atom. The van der Waals surface area contributed by atoms with Crippen LogP contribution in [0.3, 0.4) is 0 Å². The van der Waals surface area contributed by atoms with Gasteiger partial charge >= 0.3 is 0 Å². The van der Waals surface area contributed by atoms with Crippen molar-refractivity contribution in [3.8, 4) is 57.5 Å². The van der Waals surface area contributed by atoms with Crippen LogP contribution in [0, 0.1) is 0 Å². The number of rotatable bonds is 35. The molecule has 10 aromatic rings. The van der Waals surface area contributed by atoms with E-state index in [4.69, 9.17) is 52.4 Å². The number of ether oxygens (including phenoxy) is 5. The second-order valence-electron chi connectivity index (χ2n) is 33.5. The molecule has 0 atom stereocenters. The average Bonchev–Trinajstić information content (AvgIpc) is 0.796. The molecule has 0 bridgehead atoms. The van der Waals surface area contributed by atoms with Crippen LogP contribution < -0.4 is 52.4 Å². The molecule has 0 fully saturated rings. The highest BCUT2D eigenvalue weighted by Gasteiger charge is 2.26. The highest BCUT2D eigenvalue weighted by molar-refractivity contribution is 6.10. The van der Waals surface area contributed by atoms with E-state index in [9.17, 15) is 49.5 Å². The fraction of sp³-hybridized carbons (Fsp3) is 0.264. The minimum absolute atomic E-state index is 0.0311. The normalized spacial score (nSPS) is 11.5. The summed E-state index contributed by atoms with van der Waals surface area (Å²) in [6, 6.07) is 51.3. The van der Waals surface area contributed by atoms with Crippen molar-refractivity contribution in [2.75, 3.05) is 28.7 Å². The Labute approximate surface area is 767 Å². The van der Waals surface area contributed by atoms with Crippen molar-refractivity contribution in [2.45, 2.75) is 191 Å². The molecule has 0 saturated carbocycles. The molecule has 0 aliphatic rings. The fourth-order valence-electron chi connectivity index (χ4n) is 12.6. The molecule has 10 aromatic carbocycles. The first kappa shape index (κ1) is 104. The van der Waals surface area contributed by atoms with Crippen molar-refractivity contribution < 1.29 is 73.2 Å². The number of hydrogen-bond acceptors (Lipinski definition) is 20. The molecule has 0 spiro atoms. The molecule has 0 radical (unpaired) electrons. The minimum Gasteiger partial charge on any atom is -0.508 e. The molecule has 0 amide bonds. The Bertz CT molecular complexity index is 5690. The summed E-state index contributed by atoms with van der Waals surface area (Å²) < 4.78 is 29.0. The summed E-state index contributed by atoms with van der Waals surface area (Å²) in [6.45, 7) is 40.8.